The maximum absolute atomic E-state index is 11.9. The normalized spacial score (nSPS) is 11.2. The molecule has 6 nitrogen and oxygen atoms in total. The molecule has 0 amide bonds. The zero-order valence-corrected chi connectivity index (χ0v) is 10.8. The maximum atomic E-state index is 11.9. The molecule has 0 spiro atoms. The first-order valence-electron chi connectivity index (χ1n) is 4.66. The molecule has 0 radical (unpaired) electrons. The van der Waals surface area contributed by atoms with Crippen LogP contribution in [0.4, 0.5) is 0 Å². The predicted molar refractivity (Wildman–Crippen MR) is 63.8 cm³/mol. The fraction of sp³-hybridized carbons (Fsp3) is 0.444. The third-order valence-electron chi connectivity index (χ3n) is 2.69. The van der Waals surface area contributed by atoms with Crippen LogP contribution in [0.2, 0.25) is 0 Å². The summed E-state index contributed by atoms with van der Waals surface area (Å²) in [4.78, 5) is 27.9. The minimum Gasteiger partial charge on any atom is -0.325 e. The van der Waals surface area contributed by atoms with Crippen LogP contribution in [-0.4, -0.2) is 18.7 Å². The van der Waals surface area contributed by atoms with Crippen molar-refractivity contribution < 1.29 is 0 Å². The lowest BCUT2D eigenvalue weighted by molar-refractivity contribution is 0.705. The van der Waals surface area contributed by atoms with E-state index in [4.69, 9.17) is 0 Å². The van der Waals surface area contributed by atoms with Gasteiger partial charge in [-0.3, -0.25) is 13.9 Å². The molecule has 0 atom stereocenters. The van der Waals surface area contributed by atoms with Crippen molar-refractivity contribution in [2.45, 2.75) is 5.33 Å². The highest BCUT2D eigenvalue weighted by Crippen LogP contribution is 2.10. The Morgan fingerprint density at radius 2 is 1.75 bits per heavy atom. The van der Waals surface area contributed by atoms with Crippen molar-refractivity contribution in [2.75, 3.05) is 0 Å². The largest absolute Gasteiger partial charge is 0.332 e. The Hall–Kier alpha value is -1.37. The summed E-state index contributed by atoms with van der Waals surface area (Å²) < 4.78 is 4.16. The first kappa shape index (κ1) is 11.1. The van der Waals surface area contributed by atoms with Crippen LogP contribution in [0.1, 0.15) is 5.82 Å². The zero-order valence-electron chi connectivity index (χ0n) is 9.19. The Labute approximate surface area is 99.3 Å². The van der Waals surface area contributed by atoms with E-state index in [0.29, 0.717) is 22.3 Å². The van der Waals surface area contributed by atoms with E-state index in [0.717, 1.165) is 4.57 Å². The average molecular weight is 287 g/mol. The van der Waals surface area contributed by atoms with Gasteiger partial charge in [-0.05, 0) is 0 Å². The molecule has 0 N–H and O–H groups in total. The average Bonchev–Trinajstić information content (AvgIpc) is 2.61. The molecule has 0 aliphatic carbocycles. The van der Waals surface area contributed by atoms with Crippen molar-refractivity contribution >= 4 is 27.1 Å². The van der Waals surface area contributed by atoms with E-state index in [1.54, 1.807) is 18.7 Å². The van der Waals surface area contributed by atoms with Gasteiger partial charge in [0.1, 0.15) is 5.82 Å². The Morgan fingerprint density at radius 1 is 1.12 bits per heavy atom. The molecule has 2 aromatic rings. The molecule has 0 saturated carbocycles. The first-order chi connectivity index (χ1) is 7.49. The van der Waals surface area contributed by atoms with E-state index >= 15 is 0 Å². The summed E-state index contributed by atoms with van der Waals surface area (Å²) in [6.07, 6.45) is 0. The van der Waals surface area contributed by atoms with E-state index in [-0.39, 0.29) is 11.2 Å². The monoisotopic (exact) mass is 286 g/mol. The van der Waals surface area contributed by atoms with E-state index in [2.05, 4.69) is 20.9 Å². The molecule has 2 heterocycles. The topological polar surface area (TPSA) is 61.8 Å². The Bertz CT molecular complexity index is 679. The molecule has 0 saturated heterocycles. The number of fused-ring (bicyclic) bond motifs is 1. The highest BCUT2D eigenvalue weighted by molar-refractivity contribution is 9.08. The summed E-state index contributed by atoms with van der Waals surface area (Å²) in [6, 6.07) is 0. The van der Waals surface area contributed by atoms with Crippen molar-refractivity contribution in [2.24, 2.45) is 21.1 Å². The third-order valence-corrected chi connectivity index (χ3v) is 3.19. The van der Waals surface area contributed by atoms with Crippen LogP contribution in [0.25, 0.3) is 11.2 Å². The number of nitrogens with zero attached hydrogens (tertiary/aromatic N) is 4. The van der Waals surface area contributed by atoms with Gasteiger partial charge in [-0.1, -0.05) is 15.9 Å². The van der Waals surface area contributed by atoms with Crippen molar-refractivity contribution in [1.29, 1.82) is 0 Å². The summed E-state index contributed by atoms with van der Waals surface area (Å²) in [5.74, 6) is 0.716. The third kappa shape index (κ3) is 1.27. The van der Waals surface area contributed by atoms with Gasteiger partial charge in [0.15, 0.2) is 11.2 Å². The lowest BCUT2D eigenvalue weighted by atomic mass is 10.5. The van der Waals surface area contributed by atoms with E-state index in [1.165, 1.54) is 11.6 Å². The minimum atomic E-state index is -0.364. The van der Waals surface area contributed by atoms with Gasteiger partial charge in [0.25, 0.3) is 5.56 Å². The van der Waals surface area contributed by atoms with E-state index < -0.39 is 0 Å². The van der Waals surface area contributed by atoms with Crippen LogP contribution in [0.5, 0.6) is 0 Å². The summed E-state index contributed by atoms with van der Waals surface area (Å²) in [6.45, 7) is 0. The molecule has 2 rings (SSSR count). The quantitative estimate of drug-likeness (QED) is 0.686. The lowest BCUT2D eigenvalue weighted by Crippen LogP contribution is -2.37. The smallest absolute Gasteiger partial charge is 0.325 e. The molecule has 0 unspecified atom stereocenters. The molecule has 86 valence electrons. The van der Waals surface area contributed by atoms with Crippen LogP contribution < -0.4 is 11.2 Å². The predicted octanol–water partition coefficient (Wildman–Crippen LogP) is -0.134. The Kier molecular flexibility index (Phi) is 2.49. The van der Waals surface area contributed by atoms with Crippen LogP contribution >= 0.6 is 15.9 Å². The molecule has 16 heavy (non-hydrogen) atoms. The van der Waals surface area contributed by atoms with Crippen LogP contribution in [0.15, 0.2) is 9.59 Å². The number of imidazole rings is 1. The van der Waals surface area contributed by atoms with Crippen molar-refractivity contribution in [1.82, 2.24) is 18.7 Å². The fourth-order valence-corrected chi connectivity index (χ4v) is 2.18. The van der Waals surface area contributed by atoms with Gasteiger partial charge in [-0.2, -0.15) is 0 Å². The number of alkyl halides is 1. The second-order valence-corrected chi connectivity index (χ2v) is 4.16. The van der Waals surface area contributed by atoms with Crippen molar-refractivity contribution in [3.05, 3.63) is 26.7 Å². The molecular formula is C9H11BrN4O2. The van der Waals surface area contributed by atoms with E-state index in [9.17, 15) is 9.59 Å². The molecule has 0 aliphatic heterocycles. The number of aromatic nitrogens is 4. The summed E-state index contributed by atoms with van der Waals surface area (Å²) in [5, 5.41) is 0.537. The zero-order chi connectivity index (χ0) is 12.0. The Morgan fingerprint density at radius 3 is 2.31 bits per heavy atom. The second kappa shape index (κ2) is 3.58. The highest BCUT2D eigenvalue weighted by atomic mass is 79.9. The van der Waals surface area contributed by atoms with Crippen LogP contribution in [0, 0.1) is 0 Å². The standard InChI is InChI=1S/C9H11BrN4O2/c1-12-5(4-10)11-7-6(12)8(15)14(3)9(16)13(7)2/h4H2,1-3H3. The summed E-state index contributed by atoms with van der Waals surface area (Å²) in [7, 11) is 4.83. The maximum Gasteiger partial charge on any atom is 0.332 e. The fourth-order valence-electron chi connectivity index (χ4n) is 1.68. The van der Waals surface area contributed by atoms with Gasteiger partial charge in [0.05, 0.1) is 5.33 Å². The number of aryl methyl sites for hydroxylation is 2. The van der Waals surface area contributed by atoms with Crippen molar-refractivity contribution in [3.63, 3.8) is 0 Å². The molecule has 0 fully saturated rings. The first-order valence-corrected chi connectivity index (χ1v) is 5.78. The highest BCUT2D eigenvalue weighted by Gasteiger charge is 2.15. The summed E-state index contributed by atoms with van der Waals surface area (Å²) in [5.41, 5.74) is 0.182. The Balaban J connectivity index is 3.13. The molecule has 0 aliphatic rings. The van der Waals surface area contributed by atoms with Crippen LogP contribution in [-0.2, 0) is 26.5 Å². The van der Waals surface area contributed by atoms with Gasteiger partial charge in [0.2, 0.25) is 0 Å². The summed E-state index contributed by atoms with van der Waals surface area (Å²) >= 11 is 3.29. The SMILES string of the molecule is Cn1c(=O)c2c(nc(CBr)n2C)n(C)c1=O. The molecule has 2 aromatic heterocycles. The van der Waals surface area contributed by atoms with Gasteiger partial charge in [-0.25, -0.2) is 9.78 Å². The molecular weight excluding hydrogens is 276 g/mol. The van der Waals surface area contributed by atoms with Gasteiger partial charge >= 0.3 is 5.69 Å². The van der Waals surface area contributed by atoms with Gasteiger partial charge < -0.3 is 4.57 Å². The number of hydrogen-bond acceptors (Lipinski definition) is 3. The number of hydrogen-bond donors (Lipinski definition) is 0. The van der Waals surface area contributed by atoms with Crippen molar-refractivity contribution in [3.8, 4) is 0 Å². The van der Waals surface area contributed by atoms with Gasteiger partial charge in [0, 0.05) is 21.1 Å². The van der Waals surface area contributed by atoms with Gasteiger partial charge in [-0.15, -0.1) is 0 Å². The molecule has 7 heteroatoms. The van der Waals surface area contributed by atoms with Crippen LogP contribution in [0.3, 0.4) is 0 Å². The molecule has 0 bridgehead atoms. The number of halogens is 1. The van der Waals surface area contributed by atoms with E-state index in [1.807, 2.05) is 0 Å². The number of rotatable bonds is 1. The lowest BCUT2D eigenvalue weighted by Gasteiger charge is -2.03. The molecule has 0 aromatic carbocycles. The second-order valence-electron chi connectivity index (χ2n) is 3.60. The minimum absolute atomic E-state index is 0.319.